The Morgan fingerprint density at radius 1 is 1.08 bits per heavy atom. The van der Waals surface area contributed by atoms with E-state index in [1.54, 1.807) is 30.3 Å². The molecule has 1 heterocycles. The van der Waals surface area contributed by atoms with E-state index in [9.17, 15) is 10.4 Å². The molecule has 0 atom stereocenters. The Hall–Kier alpha value is -3.53. The van der Waals surface area contributed by atoms with Crippen LogP contribution in [0.5, 0.6) is 28.7 Å². The molecule has 7 heteroatoms. The summed E-state index contributed by atoms with van der Waals surface area (Å²) in [6.45, 7) is 0. The molecule has 0 bridgehead atoms. The fourth-order valence-electron chi connectivity index (χ4n) is 2.44. The minimum Gasteiger partial charge on any atom is -0.502 e. The summed E-state index contributed by atoms with van der Waals surface area (Å²) in [7, 11) is 2.87. The van der Waals surface area contributed by atoms with Crippen molar-refractivity contribution in [3.63, 3.8) is 0 Å². The van der Waals surface area contributed by atoms with Gasteiger partial charge >= 0.3 is 0 Å². The van der Waals surface area contributed by atoms with Crippen LogP contribution in [0.25, 0.3) is 10.9 Å². The lowest BCUT2D eigenvalue weighted by Crippen LogP contribution is -1.91. The number of aromatic amines is 1. The first-order valence-corrected chi connectivity index (χ1v) is 7.01. The molecule has 0 saturated carbocycles. The van der Waals surface area contributed by atoms with E-state index in [4.69, 9.17) is 19.9 Å². The fourth-order valence-corrected chi connectivity index (χ4v) is 2.44. The monoisotopic (exact) mass is 325 g/mol. The molecule has 0 aliphatic carbocycles. The molecule has 0 saturated heterocycles. The normalized spacial score (nSPS) is 10.4. The number of nitrogens with one attached hydrogen (secondary N) is 1. The van der Waals surface area contributed by atoms with Gasteiger partial charge in [0.15, 0.2) is 11.5 Å². The Bertz CT molecular complexity index is 931. The number of benzene rings is 2. The summed E-state index contributed by atoms with van der Waals surface area (Å²) in [4.78, 5) is 2.94. The lowest BCUT2D eigenvalue weighted by Gasteiger charge is -2.12. The first-order chi connectivity index (χ1) is 11.6. The smallest absolute Gasteiger partial charge is 0.201 e. The van der Waals surface area contributed by atoms with Gasteiger partial charge in [0.05, 0.1) is 14.2 Å². The molecule has 0 aliphatic heterocycles. The van der Waals surface area contributed by atoms with E-state index in [0.717, 1.165) is 5.52 Å². The molecule has 0 radical (unpaired) electrons. The van der Waals surface area contributed by atoms with E-state index in [1.165, 1.54) is 14.2 Å². The van der Waals surface area contributed by atoms with Crippen LogP contribution >= 0.6 is 0 Å². The Morgan fingerprint density at radius 2 is 1.75 bits per heavy atom. The summed E-state index contributed by atoms with van der Waals surface area (Å²) in [5.74, 6) is 1.60. The van der Waals surface area contributed by atoms with Crippen LogP contribution in [-0.2, 0) is 0 Å². The maximum absolute atomic E-state index is 9.93. The molecular formula is C17H15N3O4. The highest BCUT2D eigenvalue weighted by Crippen LogP contribution is 2.41. The van der Waals surface area contributed by atoms with E-state index in [0.29, 0.717) is 28.3 Å². The predicted octanol–water partition coefficient (Wildman–Crippen LogP) is 3.14. The number of ether oxygens (including phenoxy) is 3. The minimum atomic E-state index is -0.104. The molecule has 1 aromatic heterocycles. The van der Waals surface area contributed by atoms with Crippen molar-refractivity contribution in [1.82, 2.24) is 4.98 Å². The number of aromatic nitrogens is 1. The van der Waals surface area contributed by atoms with Crippen LogP contribution in [-0.4, -0.2) is 24.3 Å². The Balaban J connectivity index is 2.02. The van der Waals surface area contributed by atoms with Gasteiger partial charge in [-0.05, 0) is 18.2 Å². The number of H-pyrrole nitrogens is 1. The first-order valence-electron chi connectivity index (χ1n) is 7.01. The number of nitriles is 1. The zero-order valence-corrected chi connectivity index (χ0v) is 13.1. The van der Waals surface area contributed by atoms with Crippen molar-refractivity contribution in [2.45, 2.75) is 0 Å². The molecule has 0 aliphatic rings. The number of aromatic hydroxyl groups is 1. The van der Waals surface area contributed by atoms with Crippen LogP contribution < -0.4 is 19.9 Å². The maximum Gasteiger partial charge on any atom is 0.201 e. The maximum atomic E-state index is 9.93. The number of hydrogen-bond acceptors (Lipinski definition) is 6. The van der Waals surface area contributed by atoms with Gasteiger partial charge in [0.1, 0.15) is 28.9 Å². The number of methoxy groups -OCH3 is 2. The average Bonchev–Trinajstić information content (AvgIpc) is 2.90. The second-order valence-electron chi connectivity index (χ2n) is 5.01. The van der Waals surface area contributed by atoms with Gasteiger partial charge in [-0.2, -0.15) is 5.26 Å². The van der Waals surface area contributed by atoms with Gasteiger partial charge in [-0.1, -0.05) is 0 Å². The summed E-state index contributed by atoms with van der Waals surface area (Å²) < 4.78 is 16.0. The zero-order valence-electron chi connectivity index (χ0n) is 13.1. The second-order valence-corrected chi connectivity index (χ2v) is 5.01. The number of phenolic OH excluding ortho intramolecular Hbond substituents is 1. The van der Waals surface area contributed by atoms with Crippen LogP contribution in [0.3, 0.4) is 0 Å². The quantitative estimate of drug-likeness (QED) is 0.679. The van der Waals surface area contributed by atoms with E-state index >= 15 is 0 Å². The highest BCUT2D eigenvalue weighted by Gasteiger charge is 2.14. The van der Waals surface area contributed by atoms with E-state index in [-0.39, 0.29) is 17.2 Å². The molecule has 2 aromatic carbocycles. The molecule has 122 valence electrons. The van der Waals surface area contributed by atoms with Gasteiger partial charge < -0.3 is 30.0 Å². The van der Waals surface area contributed by atoms with Gasteiger partial charge in [-0.15, -0.1) is 0 Å². The van der Waals surface area contributed by atoms with Crippen LogP contribution in [0, 0.1) is 11.3 Å². The summed E-state index contributed by atoms with van der Waals surface area (Å²) in [5, 5.41) is 19.8. The minimum absolute atomic E-state index is 0.104. The molecule has 0 unspecified atom stereocenters. The van der Waals surface area contributed by atoms with Gasteiger partial charge in [-0.25, -0.2) is 0 Å². The van der Waals surface area contributed by atoms with Crippen molar-refractivity contribution >= 4 is 16.7 Å². The third kappa shape index (κ3) is 2.50. The van der Waals surface area contributed by atoms with Gasteiger partial charge in [-0.3, -0.25) is 0 Å². The fraction of sp³-hybridized carbons (Fsp3) is 0.118. The van der Waals surface area contributed by atoms with E-state index in [1.807, 2.05) is 0 Å². The van der Waals surface area contributed by atoms with Crippen LogP contribution in [0.4, 0.5) is 5.82 Å². The van der Waals surface area contributed by atoms with Crippen molar-refractivity contribution in [2.24, 2.45) is 0 Å². The highest BCUT2D eigenvalue weighted by atomic mass is 16.5. The van der Waals surface area contributed by atoms with E-state index in [2.05, 4.69) is 11.1 Å². The highest BCUT2D eigenvalue weighted by molar-refractivity contribution is 5.92. The zero-order chi connectivity index (χ0) is 17.3. The Morgan fingerprint density at radius 3 is 2.33 bits per heavy atom. The predicted molar refractivity (Wildman–Crippen MR) is 88.7 cm³/mol. The van der Waals surface area contributed by atoms with E-state index < -0.39 is 0 Å². The van der Waals surface area contributed by atoms with Crippen molar-refractivity contribution in [3.05, 3.63) is 35.9 Å². The van der Waals surface area contributed by atoms with Crippen molar-refractivity contribution in [3.8, 4) is 34.8 Å². The lowest BCUT2D eigenvalue weighted by atomic mass is 10.1. The van der Waals surface area contributed by atoms with Crippen LogP contribution in [0.1, 0.15) is 5.56 Å². The molecule has 3 rings (SSSR count). The van der Waals surface area contributed by atoms with Gasteiger partial charge in [0.2, 0.25) is 5.75 Å². The van der Waals surface area contributed by atoms with Crippen LogP contribution in [0.15, 0.2) is 30.3 Å². The van der Waals surface area contributed by atoms with Crippen molar-refractivity contribution in [2.75, 3.05) is 20.0 Å². The molecule has 24 heavy (non-hydrogen) atoms. The van der Waals surface area contributed by atoms with Crippen molar-refractivity contribution in [1.29, 1.82) is 5.26 Å². The van der Waals surface area contributed by atoms with Gasteiger partial charge in [0, 0.05) is 23.0 Å². The number of hydrogen-bond donors (Lipinski definition) is 3. The first kappa shape index (κ1) is 15.4. The largest absolute Gasteiger partial charge is 0.502 e. The molecule has 4 N–H and O–H groups in total. The van der Waals surface area contributed by atoms with Gasteiger partial charge in [0.25, 0.3) is 0 Å². The molecular weight excluding hydrogens is 310 g/mol. The summed E-state index contributed by atoms with van der Waals surface area (Å²) in [6, 6.07) is 10.4. The number of nitrogen functional groups attached to an aromatic ring is 1. The third-order valence-corrected chi connectivity index (χ3v) is 3.60. The summed E-state index contributed by atoms with van der Waals surface area (Å²) >= 11 is 0. The number of nitrogens with two attached hydrogens (primary N) is 1. The lowest BCUT2D eigenvalue weighted by molar-refractivity contribution is 0.335. The number of phenols is 1. The SMILES string of the molecule is COc1cc(Oc2ccc3[nH]c(N)c(C#N)c3c2)cc(OC)c1O. The molecule has 0 spiro atoms. The van der Waals surface area contributed by atoms with Crippen molar-refractivity contribution < 1.29 is 19.3 Å². The summed E-state index contributed by atoms with van der Waals surface area (Å²) in [5.41, 5.74) is 6.90. The summed E-state index contributed by atoms with van der Waals surface area (Å²) in [6.07, 6.45) is 0. The topological polar surface area (TPSA) is 114 Å². The van der Waals surface area contributed by atoms with Crippen LogP contribution in [0.2, 0.25) is 0 Å². The number of anilines is 1. The Labute approximate surface area is 137 Å². The molecule has 0 amide bonds. The Kier molecular flexibility index (Phi) is 3.80. The standard InChI is InChI=1S/C17H15N3O4/c1-22-14-6-10(7-15(23-2)16(14)21)24-9-3-4-13-11(5-9)12(8-18)17(19)20-13/h3-7,20-21H,19H2,1-2H3. The second kappa shape index (κ2) is 5.93. The number of nitrogens with zero attached hydrogens (tertiary/aromatic N) is 1. The molecule has 3 aromatic rings. The molecule has 0 fully saturated rings. The molecule has 7 nitrogen and oxygen atoms in total. The number of fused-ring (bicyclic) bond motifs is 1. The average molecular weight is 325 g/mol. The third-order valence-electron chi connectivity index (χ3n) is 3.60. The number of rotatable bonds is 4.